The van der Waals surface area contributed by atoms with Gasteiger partial charge < -0.3 is 0 Å². The van der Waals surface area contributed by atoms with Crippen LogP contribution in [0.25, 0.3) is 21.9 Å². The van der Waals surface area contributed by atoms with Gasteiger partial charge >= 0.3 is 0 Å². The van der Waals surface area contributed by atoms with Crippen LogP contribution in [-0.2, 0) is 0 Å². The van der Waals surface area contributed by atoms with E-state index in [1.807, 2.05) is 43.3 Å². The molecule has 3 aromatic carbocycles. The second kappa shape index (κ2) is 5.22. The number of benzene rings is 3. The number of rotatable bonds is 2. The Bertz CT molecular complexity index is 791. The summed E-state index contributed by atoms with van der Waals surface area (Å²) in [6.45, 7) is 2.01. The average molecular weight is 325 g/mol. The smallest absolute Gasteiger partial charge is 0.150 e. The summed E-state index contributed by atoms with van der Waals surface area (Å²) < 4.78 is 0.986. The van der Waals surface area contributed by atoms with Gasteiger partial charge in [-0.05, 0) is 52.6 Å². The van der Waals surface area contributed by atoms with E-state index in [0.29, 0.717) is 0 Å². The van der Waals surface area contributed by atoms with E-state index in [9.17, 15) is 4.79 Å². The van der Waals surface area contributed by atoms with Gasteiger partial charge in [0.25, 0.3) is 0 Å². The highest BCUT2D eigenvalue weighted by molar-refractivity contribution is 9.10. The fraction of sp³-hybridized carbons (Fsp3) is 0.0556. The molecule has 0 aliphatic heterocycles. The molecule has 0 N–H and O–H groups in total. The second-order valence-corrected chi connectivity index (χ2v) is 5.73. The van der Waals surface area contributed by atoms with Crippen molar-refractivity contribution < 1.29 is 4.79 Å². The number of hydrogen-bond donors (Lipinski definition) is 0. The highest BCUT2D eigenvalue weighted by Crippen LogP contribution is 2.32. The molecule has 3 rings (SSSR count). The van der Waals surface area contributed by atoms with Crippen LogP contribution in [-0.4, -0.2) is 6.29 Å². The van der Waals surface area contributed by atoms with E-state index < -0.39 is 0 Å². The van der Waals surface area contributed by atoms with Gasteiger partial charge in [-0.25, -0.2) is 0 Å². The maximum Gasteiger partial charge on any atom is 0.150 e. The van der Waals surface area contributed by atoms with Crippen molar-refractivity contribution in [2.24, 2.45) is 0 Å². The summed E-state index contributed by atoms with van der Waals surface area (Å²) in [4.78, 5) is 11.5. The topological polar surface area (TPSA) is 17.1 Å². The Kier molecular flexibility index (Phi) is 3.41. The molecule has 0 saturated heterocycles. The van der Waals surface area contributed by atoms with Crippen LogP contribution in [0.2, 0.25) is 0 Å². The van der Waals surface area contributed by atoms with Crippen molar-refractivity contribution >= 4 is 33.0 Å². The van der Waals surface area contributed by atoms with E-state index in [0.717, 1.165) is 43.8 Å². The molecule has 1 nitrogen and oxygen atoms in total. The molecule has 0 aliphatic rings. The van der Waals surface area contributed by atoms with Gasteiger partial charge in [0.2, 0.25) is 0 Å². The first-order valence-corrected chi connectivity index (χ1v) is 7.23. The predicted octanol–water partition coefficient (Wildman–Crippen LogP) is 5.39. The fourth-order valence-corrected chi connectivity index (χ4v) is 2.93. The summed E-state index contributed by atoms with van der Waals surface area (Å²) >= 11 is 3.47. The first-order valence-electron chi connectivity index (χ1n) is 6.44. The van der Waals surface area contributed by atoms with Crippen LogP contribution in [0, 0.1) is 6.92 Å². The van der Waals surface area contributed by atoms with E-state index in [1.54, 1.807) is 0 Å². The number of aldehydes is 1. The van der Waals surface area contributed by atoms with Gasteiger partial charge in [0.15, 0.2) is 6.29 Å². The van der Waals surface area contributed by atoms with Crippen LogP contribution >= 0.6 is 15.9 Å². The lowest BCUT2D eigenvalue weighted by Gasteiger charge is -2.12. The minimum absolute atomic E-state index is 0.766. The minimum atomic E-state index is 0.766. The van der Waals surface area contributed by atoms with Crippen LogP contribution in [0.4, 0.5) is 0 Å². The summed E-state index contributed by atoms with van der Waals surface area (Å²) in [6, 6.07) is 18.4. The van der Waals surface area contributed by atoms with Gasteiger partial charge in [-0.1, -0.05) is 52.3 Å². The van der Waals surface area contributed by atoms with Gasteiger partial charge in [-0.2, -0.15) is 0 Å². The molecular formula is C18H13BrO. The Morgan fingerprint density at radius 3 is 2.45 bits per heavy atom. The molecule has 0 fully saturated rings. The molecule has 0 heterocycles. The second-order valence-electron chi connectivity index (χ2n) is 4.81. The van der Waals surface area contributed by atoms with E-state index in [2.05, 4.69) is 34.1 Å². The van der Waals surface area contributed by atoms with Crippen molar-refractivity contribution in [2.75, 3.05) is 0 Å². The predicted molar refractivity (Wildman–Crippen MR) is 87.2 cm³/mol. The summed E-state index contributed by atoms with van der Waals surface area (Å²) in [5, 5.41) is 2.08. The Morgan fingerprint density at radius 2 is 1.75 bits per heavy atom. The molecule has 0 atom stereocenters. The van der Waals surface area contributed by atoms with E-state index in [-0.39, 0.29) is 0 Å². The van der Waals surface area contributed by atoms with Crippen molar-refractivity contribution in [1.29, 1.82) is 0 Å². The van der Waals surface area contributed by atoms with Crippen molar-refractivity contribution in [1.82, 2.24) is 0 Å². The van der Waals surface area contributed by atoms with Gasteiger partial charge in [-0.3, -0.25) is 4.79 Å². The van der Waals surface area contributed by atoms with Gasteiger partial charge in [0, 0.05) is 10.0 Å². The van der Waals surface area contributed by atoms with Gasteiger partial charge in [0.05, 0.1) is 0 Å². The molecule has 3 aromatic rings. The Morgan fingerprint density at radius 1 is 1.00 bits per heavy atom. The molecule has 0 amide bonds. The van der Waals surface area contributed by atoms with E-state index in [4.69, 9.17) is 0 Å². The minimum Gasteiger partial charge on any atom is -0.298 e. The molecule has 20 heavy (non-hydrogen) atoms. The highest BCUT2D eigenvalue weighted by atomic mass is 79.9. The standard InChI is InChI=1S/C18H13BrO/c1-12-16(13-5-3-2-4-6-13)9-14-7-8-15(19)10-17(14)18(12)11-20/h2-11H,1H3. The molecule has 2 heteroatoms. The van der Waals surface area contributed by atoms with Gasteiger partial charge in [-0.15, -0.1) is 0 Å². The van der Waals surface area contributed by atoms with Crippen molar-refractivity contribution in [3.8, 4) is 11.1 Å². The summed E-state index contributed by atoms with van der Waals surface area (Å²) in [7, 11) is 0. The molecule has 0 bridgehead atoms. The quantitative estimate of drug-likeness (QED) is 0.577. The number of carbonyl (C=O) groups excluding carboxylic acids is 1. The number of fused-ring (bicyclic) bond motifs is 1. The van der Waals surface area contributed by atoms with E-state index >= 15 is 0 Å². The lowest BCUT2D eigenvalue weighted by molar-refractivity contribution is 0.112. The zero-order chi connectivity index (χ0) is 14.1. The first-order chi connectivity index (χ1) is 9.70. The SMILES string of the molecule is Cc1c(-c2ccccc2)cc2ccc(Br)cc2c1C=O. The van der Waals surface area contributed by atoms with Crippen molar-refractivity contribution in [3.63, 3.8) is 0 Å². The normalized spacial score (nSPS) is 10.7. The van der Waals surface area contributed by atoms with Gasteiger partial charge in [0.1, 0.15) is 0 Å². The van der Waals surface area contributed by atoms with Crippen molar-refractivity contribution in [2.45, 2.75) is 6.92 Å². The third kappa shape index (κ3) is 2.16. The third-order valence-electron chi connectivity index (χ3n) is 3.62. The molecule has 0 radical (unpaired) electrons. The largest absolute Gasteiger partial charge is 0.298 e. The maximum atomic E-state index is 11.5. The average Bonchev–Trinajstić information content (AvgIpc) is 2.48. The molecule has 0 saturated carbocycles. The van der Waals surface area contributed by atoms with E-state index in [1.165, 1.54) is 0 Å². The molecule has 98 valence electrons. The Hall–Kier alpha value is -1.93. The molecular weight excluding hydrogens is 312 g/mol. The molecule has 0 aromatic heterocycles. The Balaban J connectivity index is 2.38. The van der Waals surface area contributed by atoms with Crippen LogP contribution in [0.15, 0.2) is 59.1 Å². The van der Waals surface area contributed by atoms with Crippen LogP contribution in [0.3, 0.4) is 0 Å². The fourth-order valence-electron chi connectivity index (χ4n) is 2.57. The lowest BCUT2D eigenvalue weighted by Crippen LogP contribution is -1.93. The summed E-state index contributed by atoms with van der Waals surface area (Å²) in [6.07, 6.45) is 0.955. The van der Waals surface area contributed by atoms with Crippen LogP contribution in [0.5, 0.6) is 0 Å². The Labute approximate surface area is 126 Å². The number of hydrogen-bond acceptors (Lipinski definition) is 1. The number of halogens is 1. The van der Waals surface area contributed by atoms with Crippen LogP contribution in [0.1, 0.15) is 15.9 Å². The number of carbonyl (C=O) groups is 1. The monoisotopic (exact) mass is 324 g/mol. The van der Waals surface area contributed by atoms with Crippen LogP contribution < -0.4 is 0 Å². The third-order valence-corrected chi connectivity index (χ3v) is 4.11. The summed E-state index contributed by atoms with van der Waals surface area (Å²) in [5.74, 6) is 0. The molecule has 0 spiro atoms. The zero-order valence-electron chi connectivity index (χ0n) is 11.1. The zero-order valence-corrected chi connectivity index (χ0v) is 12.6. The highest BCUT2D eigenvalue weighted by Gasteiger charge is 2.11. The molecule has 0 unspecified atom stereocenters. The van der Waals surface area contributed by atoms with Crippen molar-refractivity contribution in [3.05, 3.63) is 70.2 Å². The lowest BCUT2D eigenvalue weighted by atomic mass is 9.92. The molecule has 0 aliphatic carbocycles. The summed E-state index contributed by atoms with van der Waals surface area (Å²) in [5.41, 5.74) is 4.04. The maximum absolute atomic E-state index is 11.5. The first kappa shape index (κ1) is 13.1.